The average Bonchev–Trinajstić information content (AvgIpc) is 2.81. The largest absolute Gasteiger partial charge is 0.493 e. The third kappa shape index (κ3) is 4.94. The van der Waals surface area contributed by atoms with Crippen molar-refractivity contribution < 1.29 is 28.5 Å². The molecule has 0 radical (unpaired) electrons. The van der Waals surface area contributed by atoms with Crippen molar-refractivity contribution in [2.75, 3.05) is 41.5 Å². The molecule has 2 aromatic carbocycles. The third-order valence-corrected chi connectivity index (χ3v) is 5.25. The van der Waals surface area contributed by atoms with Gasteiger partial charge in [0.2, 0.25) is 5.91 Å². The zero-order valence-electron chi connectivity index (χ0n) is 18.9. The molecule has 0 bridgehead atoms. The van der Waals surface area contributed by atoms with Crippen molar-refractivity contribution in [3.63, 3.8) is 0 Å². The molecule has 1 amide bonds. The van der Waals surface area contributed by atoms with E-state index in [1.165, 1.54) is 6.92 Å². The van der Waals surface area contributed by atoms with Gasteiger partial charge in [0.1, 0.15) is 0 Å². The number of piperidine rings is 1. The molecular weight excluding hydrogens is 410 g/mol. The van der Waals surface area contributed by atoms with Crippen LogP contribution in [-0.2, 0) is 9.59 Å². The summed E-state index contributed by atoms with van der Waals surface area (Å²) in [6.07, 6.45) is 3.56. The molecule has 1 aliphatic heterocycles. The molecule has 0 N–H and O–H groups in total. The number of likely N-dealkylation sites (tertiary alicyclic amines) is 1. The molecule has 1 heterocycles. The Kier molecular flexibility index (Phi) is 7.20. The topological polar surface area (TPSA) is 74.3 Å². The van der Waals surface area contributed by atoms with Gasteiger partial charge in [-0.3, -0.25) is 9.59 Å². The number of Topliss-reactive ketones (excluding diaryl/α,β-unsaturated/α-hetero) is 1. The first-order valence-electron chi connectivity index (χ1n) is 10.1. The van der Waals surface area contributed by atoms with E-state index < -0.39 is 0 Å². The molecule has 1 aliphatic rings. The zero-order chi connectivity index (χ0) is 23.3. The van der Waals surface area contributed by atoms with E-state index in [9.17, 15) is 9.59 Å². The molecule has 7 heteroatoms. The van der Waals surface area contributed by atoms with Gasteiger partial charge >= 0.3 is 0 Å². The molecule has 0 aliphatic carbocycles. The second kappa shape index (κ2) is 10.0. The number of rotatable bonds is 6. The molecule has 0 atom stereocenters. The monoisotopic (exact) mass is 437 g/mol. The third-order valence-electron chi connectivity index (χ3n) is 5.25. The number of methoxy groups -OCH3 is 4. The Morgan fingerprint density at radius 1 is 0.750 bits per heavy atom. The molecule has 168 valence electrons. The van der Waals surface area contributed by atoms with Crippen molar-refractivity contribution in [2.45, 2.75) is 6.92 Å². The summed E-state index contributed by atoms with van der Waals surface area (Å²) in [7, 11) is 6.25. The maximum Gasteiger partial charge on any atom is 0.220 e. The second-order valence-corrected chi connectivity index (χ2v) is 7.27. The van der Waals surface area contributed by atoms with Crippen molar-refractivity contribution in [3.8, 4) is 23.0 Å². The van der Waals surface area contributed by atoms with Crippen LogP contribution in [0.15, 0.2) is 47.5 Å². The van der Waals surface area contributed by atoms with Gasteiger partial charge in [-0.2, -0.15) is 0 Å². The van der Waals surface area contributed by atoms with E-state index in [1.807, 2.05) is 12.1 Å². The standard InChI is InChI=1S/C25H27NO6/c1-16(27)26-14-19(10-17-6-8-21(29-2)23(12-17)31-4)25(28)20(15-26)11-18-7-9-22(30-3)24(13-18)32-5/h6-13H,14-15H2,1-5H3/b19-10+,20-11+. The lowest BCUT2D eigenvalue weighted by Crippen LogP contribution is -2.40. The number of amides is 1. The summed E-state index contributed by atoms with van der Waals surface area (Å²) in [6, 6.07) is 10.8. The highest BCUT2D eigenvalue weighted by atomic mass is 16.5. The quantitative estimate of drug-likeness (QED) is 0.643. The Balaban J connectivity index is 2.00. The highest BCUT2D eigenvalue weighted by molar-refractivity contribution is 6.15. The molecule has 3 rings (SSSR count). The van der Waals surface area contributed by atoms with E-state index in [1.54, 1.807) is 69.8 Å². The van der Waals surface area contributed by atoms with E-state index in [0.717, 1.165) is 11.1 Å². The fraction of sp³-hybridized carbons (Fsp3) is 0.280. The van der Waals surface area contributed by atoms with Gasteiger partial charge in [0.25, 0.3) is 0 Å². The van der Waals surface area contributed by atoms with Crippen molar-refractivity contribution in [1.29, 1.82) is 0 Å². The van der Waals surface area contributed by atoms with Gasteiger partial charge in [-0.25, -0.2) is 0 Å². The molecule has 32 heavy (non-hydrogen) atoms. The molecule has 0 saturated carbocycles. The Hall–Kier alpha value is -3.74. The summed E-state index contributed by atoms with van der Waals surface area (Å²) in [5, 5.41) is 0. The Bertz CT molecular complexity index is 1010. The lowest BCUT2D eigenvalue weighted by Gasteiger charge is -2.29. The first-order valence-corrected chi connectivity index (χ1v) is 10.1. The number of ketones is 1. The molecule has 0 spiro atoms. The van der Waals surface area contributed by atoms with Gasteiger partial charge in [-0.15, -0.1) is 0 Å². The lowest BCUT2D eigenvalue weighted by atomic mass is 9.94. The van der Waals surface area contributed by atoms with Crippen LogP contribution < -0.4 is 18.9 Å². The fourth-order valence-corrected chi connectivity index (χ4v) is 3.55. The fourth-order valence-electron chi connectivity index (χ4n) is 3.55. The predicted octanol–water partition coefficient (Wildman–Crippen LogP) is 3.62. The van der Waals surface area contributed by atoms with Gasteiger partial charge in [-0.05, 0) is 47.5 Å². The number of carbonyl (C=O) groups excluding carboxylic acids is 2. The van der Waals surface area contributed by atoms with E-state index in [2.05, 4.69) is 0 Å². The van der Waals surface area contributed by atoms with Crippen LogP contribution in [0.3, 0.4) is 0 Å². The number of benzene rings is 2. The molecule has 1 saturated heterocycles. The summed E-state index contributed by atoms with van der Waals surface area (Å²) in [6.45, 7) is 1.98. The van der Waals surface area contributed by atoms with Gasteiger partial charge in [0.05, 0.1) is 28.4 Å². The van der Waals surface area contributed by atoms with Gasteiger partial charge in [0, 0.05) is 31.2 Å². The number of nitrogens with zero attached hydrogens (tertiary/aromatic N) is 1. The van der Waals surface area contributed by atoms with E-state index in [-0.39, 0.29) is 24.8 Å². The van der Waals surface area contributed by atoms with E-state index >= 15 is 0 Å². The molecular formula is C25H27NO6. The van der Waals surface area contributed by atoms with E-state index in [0.29, 0.717) is 34.1 Å². The molecule has 0 aromatic heterocycles. The minimum Gasteiger partial charge on any atom is -0.493 e. The highest BCUT2D eigenvalue weighted by Gasteiger charge is 2.27. The Morgan fingerprint density at radius 3 is 1.50 bits per heavy atom. The van der Waals surface area contributed by atoms with Crippen molar-refractivity contribution in [3.05, 3.63) is 58.7 Å². The summed E-state index contributed by atoms with van der Waals surface area (Å²) in [5.41, 5.74) is 2.60. The first kappa shape index (κ1) is 22.9. The SMILES string of the molecule is COc1ccc(/C=C2\CN(C(C)=O)C/C(=C\c3ccc(OC)c(OC)c3)C2=O)cc1OC. The van der Waals surface area contributed by atoms with Crippen LogP contribution in [0.25, 0.3) is 12.2 Å². The van der Waals surface area contributed by atoms with Crippen LogP contribution >= 0.6 is 0 Å². The molecule has 7 nitrogen and oxygen atoms in total. The second-order valence-electron chi connectivity index (χ2n) is 7.27. The van der Waals surface area contributed by atoms with Crippen LogP contribution in [0.4, 0.5) is 0 Å². The molecule has 2 aromatic rings. The molecule has 1 fully saturated rings. The minimum atomic E-state index is -0.105. The van der Waals surface area contributed by atoms with Gasteiger partial charge < -0.3 is 23.8 Å². The van der Waals surface area contributed by atoms with Crippen LogP contribution in [0.5, 0.6) is 23.0 Å². The number of ether oxygens (including phenoxy) is 4. The summed E-state index contributed by atoms with van der Waals surface area (Å²) in [5.74, 6) is 2.12. The Morgan fingerprint density at radius 2 is 1.16 bits per heavy atom. The van der Waals surface area contributed by atoms with Crippen molar-refractivity contribution in [2.24, 2.45) is 0 Å². The summed E-state index contributed by atoms with van der Waals surface area (Å²) < 4.78 is 21.3. The highest BCUT2D eigenvalue weighted by Crippen LogP contribution is 2.31. The van der Waals surface area contributed by atoms with Crippen LogP contribution in [-0.4, -0.2) is 58.1 Å². The predicted molar refractivity (Wildman–Crippen MR) is 122 cm³/mol. The maximum atomic E-state index is 13.3. The van der Waals surface area contributed by atoms with E-state index in [4.69, 9.17) is 18.9 Å². The number of carbonyl (C=O) groups is 2. The normalized spacial score (nSPS) is 16.3. The lowest BCUT2D eigenvalue weighted by molar-refractivity contribution is -0.129. The Labute approximate surface area is 187 Å². The summed E-state index contributed by atoms with van der Waals surface area (Å²) >= 11 is 0. The van der Waals surface area contributed by atoms with Crippen molar-refractivity contribution >= 4 is 23.8 Å². The smallest absolute Gasteiger partial charge is 0.220 e. The van der Waals surface area contributed by atoms with Crippen LogP contribution in [0.1, 0.15) is 18.1 Å². The molecule has 0 unspecified atom stereocenters. The summed E-state index contributed by atoms with van der Waals surface area (Å²) in [4.78, 5) is 27.1. The minimum absolute atomic E-state index is 0.103. The van der Waals surface area contributed by atoms with Gasteiger partial charge in [0.15, 0.2) is 28.8 Å². The number of hydrogen-bond donors (Lipinski definition) is 0. The maximum absolute atomic E-state index is 13.3. The number of hydrogen-bond acceptors (Lipinski definition) is 6. The van der Waals surface area contributed by atoms with Crippen molar-refractivity contribution in [1.82, 2.24) is 4.90 Å². The van der Waals surface area contributed by atoms with Crippen LogP contribution in [0, 0.1) is 0 Å². The average molecular weight is 437 g/mol. The van der Waals surface area contributed by atoms with Gasteiger partial charge in [-0.1, -0.05) is 12.1 Å². The zero-order valence-corrected chi connectivity index (χ0v) is 18.9. The van der Waals surface area contributed by atoms with Crippen LogP contribution in [0.2, 0.25) is 0 Å². The first-order chi connectivity index (χ1) is 15.4.